The van der Waals surface area contributed by atoms with Gasteiger partial charge in [-0.3, -0.25) is 14.6 Å². The Hall–Kier alpha value is -4.36. The number of alkyl halides is 3. The molecular weight excluding hydrogens is 570 g/mol. The Morgan fingerprint density at radius 3 is 2.46 bits per heavy atom. The molecule has 0 saturated heterocycles. The summed E-state index contributed by atoms with van der Waals surface area (Å²) in [6.45, 7) is 0.288. The predicted octanol–water partition coefficient (Wildman–Crippen LogP) is 4.09. The zero-order valence-corrected chi connectivity index (χ0v) is 22.1. The molecule has 0 aliphatic rings. The number of fused-ring (bicyclic) bond motifs is 1. The fourth-order valence-electron chi connectivity index (χ4n) is 4.02. The van der Waals surface area contributed by atoms with Crippen LogP contribution >= 0.6 is 11.6 Å². The summed E-state index contributed by atoms with van der Waals surface area (Å²) < 4.78 is 62.6. The van der Waals surface area contributed by atoms with E-state index < -0.39 is 48.1 Å². The zero-order valence-electron chi connectivity index (χ0n) is 21.3. The molecule has 214 valence electrons. The van der Waals surface area contributed by atoms with E-state index in [-0.39, 0.29) is 45.4 Å². The van der Waals surface area contributed by atoms with Gasteiger partial charge in [0.25, 0.3) is 5.91 Å². The molecule has 0 radical (unpaired) electrons. The average Bonchev–Trinajstić information content (AvgIpc) is 2.92. The van der Waals surface area contributed by atoms with Crippen molar-refractivity contribution in [2.75, 3.05) is 13.2 Å². The van der Waals surface area contributed by atoms with Crippen molar-refractivity contribution in [3.8, 4) is 17.0 Å². The van der Waals surface area contributed by atoms with E-state index in [1.54, 1.807) is 6.92 Å². The van der Waals surface area contributed by atoms with E-state index in [0.29, 0.717) is 5.39 Å². The first-order chi connectivity index (χ1) is 19.3. The minimum Gasteiger partial charge on any atom is -0.491 e. The third-order valence-electron chi connectivity index (χ3n) is 6.04. The minimum absolute atomic E-state index is 0.0433. The van der Waals surface area contributed by atoms with Gasteiger partial charge in [0.15, 0.2) is 5.15 Å². The SMILES string of the molecule is CCOc1c(CC(N)=O)cc([C@@](O)(CNC(=O)c2cnc3c(Cl)nccc3c2)C(F)(F)F)nc1-c1ccc(F)cc1. The number of rotatable bonds is 9. The van der Waals surface area contributed by atoms with Crippen LogP contribution in [0.4, 0.5) is 17.6 Å². The maximum atomic E-state index is 14.5. The molecule has 0 aliphatic heterocycles. The molecular formula is C27H22ClF4N5O4. The van der Waals surface area contributed by atoms with Gasteiger partial charge in [-0.1, -0.05) is 11.6 Å². The second-order valence-electron chi connectivity index (χ2n) is 8.87. The Kier molecular flexibility index (Phi) is 8.40. The first kappa shape index (κ1) is 29.6. The Morgan fingerprint density at radius 1 is 1.12 bits per heavy atom. The number of carbonyl (C=O) groups excluding carboxylic acids is 2. The normalized spacial score (nSPS) is 13.0. The van der Waals surface area contributed by atoms with Gasteiger partial charge in [-0.05, 0) is 49.4 Å². The summed E-state index contributed by atoms with van der Waals surface area (Å²) in [5, 5.41) is 13.6. The van der Waals surface area contributed by atoms with Gasteiger partial charge >= 0.3 is 6.18 Å². The lowest BCUT2D eigenvalue weighted by molar-refractivity contribution is -0.265. The Bertz CT molecular complexity index is 1620. The lowest BCUT2D eigenvalue weighted by Gasteiger charge is -2.31. The van der Waals surface area contributed by atoms with Gasteiger partial charge in [0, 0.05) is 28.9 Å². The third-order valence-corrected chi connectivity index (χ3v) is 6.31. The van der Waals surface area contributed by atoms with Crippen LogP contribution in [-0.2, 0) is 16.8 Å². The van der Waals surface area contributed by atoms with E-state index >= 15 is 0 Å². The first-order valence-electron chi connectivity index (χ1n) is 12.0. The van der Waals surface area contributed by atoms with Crippen molar-refractivity contribution >= 4 is 34.3 Å². The number of hydrogen-bond donors (Lipinski definition) is 3. The molecule has 14 heteroatoms. The maximum absolute atomic E-state index is 14.5. The van der Waals surface area contributed by atoms with Gasteiger partial charge in [-0.15, -0.1) is 0 Å². The maximum Gasteiger partial charge on any atom is 0.424 e. The number of aromatic nitrogens is 3. The molecule has 0 saturated carbocycles. The summed E-state index contributed by atoms with van der Waals surface area (Å²) in [7, 11) is 0. The van der Waals surface area contributed by atoms with Crippen molar-refractivity contribution in [1.82, 2.24) is 20.3 Å². The van der Waals surface area contributed by atoms with Crippen molar-refractivity contribution in [2.45, 2.75) is 25.1 Å². The minimum atomic E-state index is -5.36. The summed E-state index contributed by atoms with van der Waals surface area (Å²) in [5.41, 5.74) is 0.686. The van der Waals surface area contributed by atoms with Crippen molar-refractivity contribution in [2.24, 2.45) is 5.73 Å². The van der Waals surface area contributed by atoms with E-state index in [1.165, 1.54) is 30.5 Å². The number of aliphatic hydroxyl groups is 1. The summed E-state index contributed by atoms with van der Waals surface area (Å²) in [6, 6.07) is 8.33. The molecule has 1 aromatic carbocycles. The Morgan fingerprint density at radius 2 is 1.83 bits per heavy atom. The summed E-state index contributed by atoms with van der Waals surface area (Å²) in [5.74, 6) is -2.55. The van der Waals surface area contributed by atoms with E-state index in [0.717, 1.165) is 24.4 Å². The van der Waals surface area contributed by atoms with Gasteiger partial charge < -0.3 is 20.9 Å². The number of benzene rings is 1. The van der Waals surface area contributed by atoms with Crippen molar-refractivity contribution < 1.29 is 37.0 Å². The van der Waals surface area contributed by atoms with Crippen molar-refractivity contribution in [1.29, 1.82) is 0 Å². The molecule has 4 aromatic rings. The van der Waals surface area contributed by atoms with E-state index in [2.05, 4.69) is 20.3 Å². The Labute approximate surface area is 235 Å². The highest BCUT2D eigenvalue weighted by atomic mass is 35.5. The van der Waals surface area contributed by atoms with Crippen LogP contribution in [0.5, 0.6) is 5.75 Å². The second kappa shape index (κ2) is 11.6. The standard InChI is InChI=1S/C27H22ClF4N5O4/c1-2-41-23-16(11-20(33)38)10-19(37-21(23)14-3-5-18(29)6-4-14)26(40,27(30,31)32)13-36-25(39)17-9-15-7-8-34-24(28)22(15)35-12-17/h3-10,12,40H,2,11,13H2,1H3,(H2,33,38)(H,36,39)/t26-/m0/s1. The molecule has 41 heavy (non-hydrogen) atoms. The first-order valence-corrected chi connectivity index (χ1v) is 12.4. The molecule has 1 atom stereocenters. The van der Waals surface area contributed by atoms with Crippen LogP contribution in [-0.4, -0.2) is 51.2 Å². The monoisotopic (exact) mass is 591 g/mol. The number of ether oxygens (including phenoxy) is 1. The number of pyridine rings is 3. The van der Waals surface area contributed by atoms with Gasteiger partial charge in [0.05, 0.1) is 30.8 Å². The van der Waals surface area contributed by atoms with Crippen LogP contribution in [0, 0.1) is 5.82 Å². The molecule has 3 aromatic heterocycles. The number of nitrogens with one attached hydrogen (secondary N) is 1. The lowest BCUT2D eigenvalue weighted by Crippen LogP contribution is -2.51. The number of hydrogen-bond acceptors (Lipinski definition) is 7. The van der Waals surface area contributed by atoms with E-state index in [1.807, 2.05) is 0 Å². The highest BCUT2D eigenvalue weighted by molar-refractivity contribution is 6.33. The van der Waals surface area contributed by atoms with Gasteiger partial charge in [0.1, 0.15) is 22.8 Å². The van der Waals surface area contributed by atoms with Crippen LogP contribution in [0.2, 0.25) is 5.15 Å². The van der Waals surface area contributed by atoms with Crippen molar-refractivity contribution in [3.05, 3.63) is 82.6 Å². The molecule has 3 heterocycles. The van der Waals surface area contributed by atoms with Gasteiger partial charge in [-0.2, -0.15) is 13.2 Å². The third kappa shape index (κ3) is 6.20. The largest absolute Gasteiger partial charge is 0.491 e. The molecule has 0 aliphatic carbocycles. The zero-order chi connectivity index (χ0) is 29.9. The number of halogens is 5. The van der Waals surface area contributed by atoms with E-state index in [9.17, 15) is 32.3 Å². The molecule has 2 amide bonds. The molecule has 0 unspecified atom stereocenters. The van der Waals surface area contributed by atoms with Crippen LogP contribution in [0.25, 0.3) is 22.2 Å². The Balaban J connectivity index is 1.78. The van der Waals surface area contributed by atoms with Crippen LogP contribution < -0.4 is 15.8 Å². The number of amides is 2. The predicted molar refractivity (Wildman–Crippen MR) is 141 cm³/mol. The topological polar surface area (TPSA) is 140 Å². The number of primary amides is 1. The number of carbonyl (C=O) groups is 2. The molecule has 0 spiro atoms. The molecule has 4 rings (SSSR count). The highest BCUT2D eigenvalue weighted by Crippen LogP contribution is 2.42. The smallest absolute Gasteiger partial charge is 0.424 e. The average molecular weight is 592 g/mol. The molecule has 9 nitrogen and oxygen atoms in total. The summed E-state index contributed by atoms with van der Waals surface area (Å²) in [6.07, 6.45) is -3.44. The fraction of sp³-hybridized carbons (Fsp3) is 0.222. The highest BCUT2D eigenvalue weighted by Gasteiger charge is 2.56. The van der Waals surface area contributed by atoms with Crippen LogP contribution in [0.1, 0.15) is 28.5 Å². The van der Waals surface area contributed by atoms with Crippen LogP contribution in [0.3, 0.4) is 0 Å². The lowest BCUT2D eigenvalue weighted by atomic mass is 9.93. The molecule has 0 fully saturated rings. The second-order valence-corrected chi connectivity index (χ2v) is 9.22. The van der Waals surface area contributed by atoms with Gasteiger partial charge in [0.2, 0.25) is 11.5 Å². The quantitative estimate of drug-likeness (QED) is 0.197. The number of nitrogens with two attached hydrogens (primary N) is 1. The molecule has 4 N–H and O–H groups in total. The van der Waals surface area contributed by atoms with Crippen LogP contribution in [0.15, 0.2) is 54.9 Å². The summed E-state index contributed by atoms with van der Waals surface area (Å²) in [4.78, 5) is 36.6. The fourth-order valence-corrected chi connectivity index (χ4v) is 4.24. The number of nitrogens with zero attached hydrogens (tertiary/aromatic N) is 3. The van der Waals surface area contributed by atoms with Gasteiger partial charge in [-0.25, -0.2) is 14.4 Å². The van der Waals surface area contributed by atoms with Crippen molar-refractivity contribution in [3.63, 3.8) is 0 Å². The molecule has 0 bridgehead atoms. The van der Waals surface area contributed by atoms with E-state index in [4.69, 9.17) is 22.1 Å². The summed E-state index contributed by atoms with van der Waals surface area (Å²) >= 11 is 5.97.